The van der Waals surface area contributed by atoms with Gasteiger partial charge in [-0.1, -0.05) is 41.5 Å². The molecular formula is C27H42N6O. The topological polar surface area (TPSA) is 67.2 Å². The van der Waals surface area contributed by atoms with E-state index < -0.39 is 0 Å². The van der Waals surface area contributed by atoms with Gasteiger partial charge in [-0.2, -0.15) is 4.98 Å². The van der Waals surface area contributed by atoms with Crippen LogP contribution in [0.15, 0.2) is 23.1 Å². The van der Waals surface area contributed by atoms with E-state index in [4.69, 9.17) is 9.97 Å². The fraction of sp³-hybridized carbons (Fsp3) is 0.704. The molecular weight excluding hydrogens is 424 g/mol. The van der Waals surface area contributed by atoms with Gasteiger partial charge in [0.05, 0.1) is 5.69 Å². The van der Waals surface area contributed by atoms with Gasteiger partial charge in [-0.3, -0.25) is 9.47 Å². The highest BCUT2D eigenvalue weighted by Gasteiger charge is 2.29. The molecule has 0 amide bonds. The number of nitrogens with zero attached hydrogens (tertiary/aromatic N) is 6. The predicted octanol–water partition coefficient (Wildman–Crippen LogP) is 4.11. The zero-order chi connectivity index (χ0) is 24.5. The van der Waals surface area contributed by atoms with Crippen molar-refractivity contribution < 1.29 is 0 Å². The van der Waals surface area contributed by atoms with E-state index in [0.717, 1.165) is 69.4 Å². The minimum Gasteiger partial charge on any atom is -0.354 e. The summed E-state index contributed by atoms with van der Waals surface area (Å²) >= 11 is 0. The van der Waals surface area contributed by atoms with Crippen molar-refractivity contribution in [3.05, 3.63) is 46.0 Å². The average Bonchev–Trinajstić information content (AvgIpc) is 3.62. The second-order valence-electron chi connectivity index (χ2n) is 12.1. The summed E-state index contributed by atoms with van der Waals surface area (Å²) in [5, 5.41) is 0. The number of aryl methyl sites for hydroxylation is 1. The molecule has 34 heavy (non-hydrogen) atoms. The lowest BCUT2D eigenvalue weighted by molar-refractivity contribution is 0.250. The molecule has 2 fully saturated rings. The van der Waals surface area contributed by atoms with E-state index in [1.54, 1.807) is 4.57 Å². The molecule has 0 aromatic carbocycles. The Morgan fingerprint density at radius 3 is 2.15 bits per heavy atom. The zero-order valence-corrected chi connectivity index (χ0v) is 22.0. The molecule has 7 heteroatoms. The molecule has 1 aliphatic heterocycles. The van der Waals surface area contributed by atoms with Crippen LogP contribution in [-0.2, 0) is 17.4 Å². The first-order valence-electron chi connectivity index (χ1n) is 13.0. The molecule has 2 aromatic rings. The minimum atomic E-state index is -0.133. The Bertz CT molecular complexity index is 1040. The molecule has 3 heterocycles. The second kappa shape index (κ2) is 9.76. The van der Waals surface area contributed by atoms with Crippen LogP contribution in [0.1, 0.15) is 90.4 Å². The number of aromatic nitrogens is 4. The molecule has 2 aromatic heterocycles. The van der Waals surface area contributed by atoms with Crippen molar-refractivity contribution in [1.82, 2.24) is 24.4 Å². The van der Waals surface area contributed by atoms with Gasteiger partial charge in [-0.25, -0.2) is 14.8 Å². The SMILES string of the molecule is CC(C)(C)c1ccn(CCCCN2CCN(c3cc(C4CC4)nc(C(C)(C)C)n3)CC2)c(=O)n1. The van der Waals surface area contributed by atoms with Gasteiger partial charge in [0, 0.05) is 67.4 Å². The Morgan fingerprint density at radius 2 is 1.56 bits per heavy atom. The molecule has 1 saturated heterocycles. The van der Waals surface area contributed by atoms with Crippen molar-refractivity contribution in [3.8, 4) is 0 Å². The summed E-state index contributed by atoms with van der Waals surface area (Å²) < 4.78 is 1.74. The van der Waals surface area contributed by atoms with Crippen molar-refractivity contribution >= 4 is 5.82 Å². The molecule has 0 N–H and O–H groups in total. The Hall–Kier alpha value is -2.28. The van der Waals surface area contributed by atoms with Gasteiger partial charge in [0.25, 0.3) is 0 Å². The Morgan fingerprint density at radius 1 is 0.882 bits per heavy atom. The molecule has 0 radical (unpaired) electrons. The van der Waals surface area contributed by atoms with Crippen molar-refractivity contribution in [2.75, 3.05) is 37.6 Å². The number of anilines is 1. The molecule has 186 valence electrons. The molecule has 0 spiro atoms. The maximum atomic E-state index is 12.3. The fourth-order valence-electron chi connectivity index (χ4n) is 4.37. The fourth-order valence-corrected chi connectivity index (χ4v) is 4.37. The molecule has 0 atom stereocenters. The third-order valence-electron chi connectivity index (χ3n) is 6.86. The van der Waals surface area contributed by atoms with Gasteiger partial charge in [0.2, 0.25) is 0 Å². The third kappa shape index (κ3) is 6.23. The molecule has 2 aliphatic rings. The van der Waals surface area contributed by atoms with Gasteiger partial charge >= 0.3 is 5.69 Å². The van der Waals surface area contributed by atoms with Gasteiger partial charge in [0.1, 0.15) is 11.6 Å². The maximum absolute atomic E-state index is 12.3. The lowest BCUT2D eigenvalue weighted by Gasteiger charge is -2.36. The van der Waals surface area contributed by atoms with Gasteiger partial charge in [0.15, 0.2) is 0 Å². The second-order valence-corrected chi connectivity index (χ2v) is 12.1. The number of rotatable bonds is 7. The predicted molar refractivity (Wildman–Crippen MR) is 138 cm³/mol. The lowest BCUT2D eigenvalue weighted by atomic mass is 9.92. The number of hydrogen-bond acceptors (Lipinski definition) is 6. The standard InChI is InChI=1S/C27H42N6O/c1-26(2,3)22-11-14-33(25(34)29-22)13-8-7-12-31-15-17-32(18-16-31)23-19-21(20-9-10-20)28-24(30-23)27(4,5)6/h11,14,19-20H,7-10,12-13,15-18H2,1-6H3. The molecule has 4 rings (SSSR count). The van der Waals surface area contributed by atoms with Crippen molar-refractivity contribution in [3.63, 3.8) is 0 Å². The third-order valence-corrected chi connectivity index (χ3v) is 6.86. The summed E-state index contributed by atoms with van der Waals surface area (Å²) in [7, 11) is 0. The van der Waals surface area contributed by atoms with E-state index in [1.807, 2.05) is 12.3 Å². The maximum Gasteiger partial charge on any atom is 0.347 e. The van der Waals surface area contributed by atoms with Crippen LogP contribution < -0.4 is 10.6 Å². The van der Waals surface area contributed by atoms with Crippen LogP contribution in [0, 0.1) is 0 Å². The Balaban J connectivity index is 1.26. The summed E-state index contributed by atoms with van der Waals surface area (Å²) in [5.74, 6) is 2.71. The largest absolute Gasteiger partial charge is 0.354 e. The number of unbranched alkanes of at least 4 members (excludes halogenated alkanes) is 1. The summed E-state index contributed by atoms with van der Waals surface area (Å²) in [4.78, 5) is 31.4. The molecule has 0 unspecified atom stereocenters. The summed E-state index contributed by atoms with van der Waals surface area (Å²) in [6, 6.07) is 4.22. The first-order chi connectivity index (χ1) is 16.0. The van der Waals surface area contributed by atoms with Crippen LogP contribution in [0.2, 0.25) is 0 Å². The summed E-state index contributed by atoms with van der Waals surface area (Å²) in [6.45, 7) is 18.8. The average molecular weight is 467 g/mol. The monoisotopic (exact) mass is 466 g/mol. The van der Waals surface area contributed by atoms with Crippen LogP contribution >= 0.6 is 0 Å². The Labute approximate surface area is 204 Å². The van der Waals surface area contributed by atoms with Crippen LogP contribution in [0.25, 0.3) is 0 Å². The molecule has 1 saturated carbocycles. The van der Waals surface area contributed by atoms with Crippen molar-refractivity contribution in [2.24, 2.45) is 0 Å². The van der Waals surface area contributed by atoms with Gasteiger partial charge < -0.3 is 4.90 Å². The first kappa shape index (κ1) is 24.8. The highest BCUT2D eigenvalue weighted by atomic mass is 16.1. The quantitative estimate of drug-likeness (QED) is 0.572. The van der Waals surface area contributed by atoms with Crippen molar-refractivity contribution in [1.29, 1.82) is 0 Å². The highest BCUT2D eigenvalue weighted by molar-refractivity contribution is 5.42. The molecule has 1 aliphatic carbocycles. The zero-order valence-electron chi connectivity index (χ0n) is 22.0. The summed E-state index contributed by atoms with van der Waals surface area (Å²) in [6.07, 6.45) is 6.49. The van der Waals surface area contributed by atoms with E-state index in [0.29, 0.717) is 5.92 Å². The van der Waals surface area contributed by atoms with Crippen LogP contribution in [-0.4, -0.2) is 57.1 Å². The smallest absolute Gasteiger partial charge is 0.347 e. The highest BCUT2D eigenvalue weighted by Crippen LogP contribution is 2.40. The molecule has 0 bridgehead atoms. The minimum absolute atomic E-state index is 0.0357. The van der Waals surface area contributed by atoms with Crippen molar-refractivity contribution in [2.45, 2.75) is 90.5 Å². The van der Waals surface area contributed by atoms with E-state index in [1.165, 1.54) is 18.5 Å². The number of hydrogen-bond donors (Lipinski definition) is 0. The van der Waals surface area contributed by atoms with E-state index >= 15 is 0 Å². The van der Waals surface area contributed by atoms with Crippen LogP contribution in [0.4, 0.5) is 5.82 Å². The van der Waals surface area contributed by atoms with Crippen LogP contribution in [0.3, 0.4) is 0 Å². The van der Waals surface area contributed by atoms with E-state index in [9.17, 15) is 4.79 Å². The molecule has 7 nitrogen and oxygen atoms in total. The number of piperazine rings is 1. The van der Waals surface area contributed by atoms with Gasteiger partial charge in [-0.05, 0) is 38.3 Å². The first-order valence-corrected chi connectivity index (χ1v) is 13.0. The van der Waals surface area contributed by atoms with Gasteiger partial charge in [-0.15, -0.1) is 0 Å². The Kier molecular flexibility index (Phi) is 7.13. The van der Waals surface area contributed by atoms with Crippen LogP contribution in [0.5, 0.6) is 0 Å². The lowest BCUT2D eigenvalue weighted by Crippen LogP contribution is -2.47. The van der Waals surface area contributed by atoms with E-state index in [-0.39, 0.29) is 16.5 Å². The van der Waals surface area contributed by atoms with E-state index in [2.05, 4.69) is 62.4 Å². The summed E-state index contributed by atoms with van der Waals surface area (Å²) in [5.41, 5.74) is 1.82. The normalized spacial score (nSPS) is 17.9.